The van der Waals surface area contributed by atoms with Crippen molar-refractivity contribution in [3.63, 3.8) is 0 Å². The highest BCUT2D eigenvalue weighted by Gasteiger charge is 2.15. The van der Waals surface area contributed by atoms with Crippen molar-refractivity contribution in [3.05, 3.63) is 23.1 Å². The predicted octanol–water partition coefficient (Wildman–Crippen LogP) is 4.57. The molecule has 0 saturated heterocycles. The number of methoxy groups -OCH3 is 2. The molecule has 0 saturated carbocycles. The molecule has 1 aromatic carbocycles. The first-order valence-electron chi connectivity index (χ1n) is 7.06. The molecular weight excluding hydrogens is 307 g/mol. The summed E-state index contributed by atoms with van der Waals surface area (Å²) >= 11 is 1.39. The quantitative estimate of drug-likeness (QED) is 0.722. The number of alkyl halides is 1. The summed E-state index contributed by atoms with van der Waals surface area (Å²) in [6, 6.07) is 5.51. The van der Waals surface area contributed by atoms with Gasteiger partial charge in [-0.05, 0) is 36.8 Å². The number of halogens is 1. The molecule has 6 heteroatoms. The number of hydrogen-bond donors (Lipinski definition) is 1. The summed E-state index contributed by atoms with van der Waals surface area (Å²) in [6.07, 6.45) is 0.432. The maximum Gasteiger partial charge on any atom is 0.303 e. The molecule has 0 aliphatic carbocycles. The van der Waals surface area contributed by atoms with E-state index in [0.29, 0.717) is 35.6 Å². The van der Waals surface area contributed by atoms with Gasteiger partial charge in [0, 0.05) is 22.1 Å². The van der Waals surface area contributed by atoms with E-state index in [1.807, 2.05) is 18.2 Å². The minimum atomic E-state index is -1.07. The second-order valence-corrected chi connectivity index (χ2v) is 6.12. The van der Waals surface area contributed by atoms with E-state index >= 15 is 0 Å². The van der Waals surface area contributed by atoms with Crippen molar-refractivity contribution in [2.24, 2.45) is 0 Å². The highest BCUT2D eigenvalue weighted by Crippen LogP contribution is 2.39. The Morgan fingerprint density at radius 1 is 1.23 bits per heavy atom. The predicted molar refractivity (Wildman–Crippen MR) is 84.9 cm³/mol. The average Bonchev–Trinajstić information content (AvgIpc) is 2.92. The molecule has 1 unspecified atom stereocenters. The molecule has 0 amide bonds. The molecule has 1 N–H and O–H groups in total. The van der Waals surface area contributed by atoms with Crippen molar-refractivity contribution >= 4 is 27.4 Å². The maximum atomic E-state index is 14.3. The lowest BCUT2D eigenvalue weighted by Crippen LogP contribution is -1.95. The third-order valence-electron chi connectivity index (χ3n) is 3.45. The number of thiophene rings is 1. The van der Waals surface area contributed by atoms with Gasteiger partial charge in [-0.3, -0.25) is 4.79 Å². The number of fused-ring (bicyclic) bond motifs is 1. The SMILES string of the molecule is COc1cc2cc(C(F)CCCCC(=O)O)sc2cc1OC. The number of aliphatic carboxylic acids is 1. The highest BCUT2D eigenvalue weighted by molar-refractivity contribution is 7.19. The molecule has 22 heavy (non-hydrogen) atoms. The lowest BCUT2D eigenvalue weighted by molar-refractivity contribution is -0.137. The van der Waals surface area contributed by atoms with E-state index in [1.54, 1.807) is 14.2 Å². The Kier molecular flexibility index (Phi) is 5.60. The molecule has 2 rings (SSSR count). The normalized spacial score (nSPS) is 12.3. The van der Waals surface area contributed by atoms with Crippen LogP contribution in [-0.2, 0) is 4.79 Å². The summed E-state index contributed by atoms with van der Waals surface area (Å²) in [5.74, 6) is 0.410. The monoisotopic (exact) mass is 326 g/mol. The fourth-order valence-corrected chi connectivity index (χ4v) is 3.37. The molecule has 2 aromatic rings. The van der Waals surface area contributed by atoms with Crippen LogP contribution in [-0.4, -0.2) is 25.3 Å². The molecule has 0 aliphatic rings. The van der Waals surface area contributed by atoms with Crippen LogP contribution in [0.3, 0.4) is 0 Å². The molecule has 0 fully saturated rings. The molecule has 1 atom stereocenters. The number of benzene rings is 1. The number of hydrogen-bond acceptors (Lipinski definition) is 4. The van der Waals surface area contributed by atoms with Gasteiger partial charge in [0.2, 0.25) is 0 Å². The lowest BCUT2D eigenvalue weighted by atomic mass is 10.1. The summed E-state index contributed by atoms with van der Waals surface area (Å²) in [7, 11) is 3.13. The zero-order chi connectivity index (χ0) is 16.1. The summed E-state index contributed by atoms with van der Waals surface area (Å²) in [5.41, 5.74) is 0. The number of rotatable bonds is 8. The van der Waals surface area contributed by atoms with Crippen LogP contribution >= 0.6 is 11.3 Å². The van der Waals surface area contributed by atoms with Crippen LogP contribution in [0, 0.1) is 0 Å². The van der Waals surface area contributed by atoms with Crippen LogP contribution in [0.5, 0.6) is 11.5 Å². The smallest absolute Gasteiger partial charge is 0.303 e. The number of carboxylic acids is 1. The topological polar surface area (TPSA) is 55.8 Å². The first-order chi connectivity index (χ1) is 10.5. The molecule has 120 valence electrons. The van der Waals surface area contributed by atoms with E-state index in [0.717, 1.165) is 10.1 Å². The van der Waals surface area contributed by atoms with Crippen molar-refractivity contribution in [2.75, 3.05) is 14.2 Å². The highest BCUT2D eigenvalue weighted by atomic mass is 32.1. The van der Waals surface area contributed by atoms with Gasteiger partial charge in [0.15, 0.2) is 11.5 Å². The Morgan fingerprint density at radius 2 is 1.91 bits per heavy atom. The van der Waals surface area contributed by atoms with Gasteiger partial charge >= 0.3 is 5.97 Å². The van der Waals surface area contributed by atoms with E-state index < -0.39 is 12.1 Å². The van der Waals surface area contributed by atoms with Gasteiger partial charge in [0.05, 0.1) is 14.2 Å². The zero-order valence-corrected chi connectivity index (χ0v) is 13.4. The largest absolute Gasteiger partial charge is 0.493 e. The van der Waals surface area contributed by atoms with Crippen molar-refractivity contribution in [2.45, 2.75) is 31.9 Å². The second kappa shape index (κ2) is 7.45. The van der Waals surface area contributed by atoms with Gasteiger partial charge in [0.1, 0.15) is 6.17 Å². The average molecular weight is 326 g/mol. The van der Waals surface area contributed by atoms with Crippen molar-refractivity contribution < 1.29 is 23.8 Å². The van der Waals surface area contributed by atoms with Crippen LogP contribution in [0.2, 0.25) is 0 Å². The van der Waals surface area contributed by atoms with Crippen molar-refractivity contribution in [1.29, 1.82) is 0 Å². The molecule has 4 nitrogen and oxygen atoms in total. The number of ether oxygens (including phenoxy) is 2. The molecule has 1 heterocycles. The van der Waals surface area contributed by atoms with E-state index in [4.69, 9.17) is 14.6 Å². The maximum absolute atomic E-state index is 14.3. The van der Waals surface area contributed by atoms with Gasteiger partial charge in [-0.1, -0.05) is 0 Å². The lowest BCUT2D eigenvalue weighted by Gasteiger charge is -2.06. The number of carboxylic acid groups (broad SMARTS) is 1. The van der Waals surface area contributed by atoms with Crippen molar-refractivity contribution in [1.82, 2.24) is 0 Å². The van der Waals surface area contributed by atoms with Gasteiger partial charge in [0.25, 0.3) is 0 Å². The minimum Gasteiger partial charge on any atom is -0.493 e. The third kappa shape index (κ3) is 3.88. The number of unbranched alkanes of at least 4 members (excludes halogenated alkanes) is 1. The second-order valence-electron chi connectivity index (χ2n) is 5.00. The van der Waals surface area contributed by atoms with Gasteiger partial charge in [-0.15, -0.1) is 11.3 Å². The Morgan fingerprint density at radius 3 is 2.55 bits per heavy atom. The molecule has 1 aromatic heterocycles. The first kappa shape index (κ1) is 16.5. The fraction of sp³-hybridized carbons (Fsp3) is 0.438. The molecule has 0 aliphatic heterocycles. The van der Waals surface area contributed by atoms with Gasteiger partial charge in [-0.2, -0.15) is 0 Å². The Labute approximate surface area is 132 Å². The van der Waals surface area contributed by atoms with E-state index in [2.05, 4.69) is 0 Å². The van der Waals surface area contributed by atoms with Crippen LogP contribution in [0.15, 0.2) is 18.2 Å². The number of carbonyl (C=O) groups is 1. The van der Waals surface area contributed by atoms with Crippen LogP contribution in [0.1, 0.15) is 36.7 Å². The zero-order valence-electron chi connectivity index (χ0n) is 12.6. The summed E-state index contributed by atoms with van der Waals surface area (Å²) in [4.78, 5) is 11.1. The summed E-state index contributed by atoms with van der Waals surface area (Å²) in [5, 5.41) is 9.50. The van der Waals surface area contributed by atoms with E-state index in [1.165, 1.54) is 11.3 Å². The van der Waals surface area contributed by atoms with Crippen LogP contribution in [0.4, 0.5) is 4.39 Å². The molecule has 0 spiro atoms. The first-order valence-corrected chi connectivity index (χ1v) is 7.88. The van der Waals surface area contributed by atoms with Gasteiger partial charge < -0.3 is 14.6 Å². The molecular formula is C16H19FO4S. The standard InChI is InChI=1S/C16H19FO4S/c1-20-12-7-10-8-15(22-14(10)9-13(12)21-2)11(17)5-3-4-6-16(18)19/h7-9,11H,3-6H2,1-2H3,(H,18,19). The Bertz CT molecular complexity index is 612. The third-order valence-corrected chi connectivity index (χ3v) is 4.63. The minimum absolute atomic E-state index is 0.0908. The fourth-order valence-electron chi connectivity index (χ4n) is 2.28. The van der Waals surface area contributed by atoms with E-state index in [-0.39, 0.29) is 6.42 Å². The van der Waals surface area contributed by atoms with Crippen molar-refractivity contribution in [3.8, 4) is 11.5 Å². The summed E-state index contributed by atoms with van der Waals surface area (Å²) < 4.78 is 25.7. The molecule has 0 radical (unpaired) electrons. The van der Waals surface area contributed by atoms with Crippen LogP contribution in [0.25, 0.3) is 10.1 Å². The van der Waals surface area contributed by atoms with Crippen LogP contribution < -0.4 is 9.47 Å². The Hall–Kier alpha value is -1.82. The summed E-state index contributed by atoms with van der Waals surface area (Å²) in [6.45, 7) is 0. The Balaban J connectivity index is 2.09. The molecule has 0 bridgehead atoms. The van der Waals surface area contributed by atoms with E-state index in [9.17, 15) is 9.18 Å². The van der Waals surface area contributed by atoms with Gasteiger partial charge in [-0.25, -0.2) is 4.39 Å².